The monoisotopic (exact) mass is 311 g/mol. The third-order valence-electron chi connectivity index (χ3n) is 5.00. The van der Waals surface area contributed by atoms with Gasteiger partial charge in [0.2, 0.25) is 0 Å². The number of hydrogen-bond acceptors (Lipinski definition) is 3. The predicted octanol–water partition coefficient (Wildman–Crippen LogP) is 2.60. The van der Waals surface area contributed by atoms with Crippen molar-refractivity contribution >= 4 is 10.0 Å². The zero-order chi connectivity index (χ0) is 15.0. The van der Waals surface area contributed by atoms with Crippen LogP contribution in [0.15, 0.2) is 11.2 Å². The lowest BCUT2D eigenvalue weighted by molar-refractivity contribution is 0.251. The lowest BCUT2D eigenvalue weighted by Gasteiger charge is -2.32. The average Bonchev–Trinajstić information content (AvgIpc) is 3.14. The van der Waals surface area contributed by atoms with Crippen molar-refractivity contribution in [1.29, 1.82) is 0 Å². The quantitative estimate of drug-likeness (QED) is 0.859. The lowest BCUT2D eigenvalue weighted by Crippen LogP contribution is -2.45. The van der Waals surface area contributed by atoms with Crippen molar-refractivity contribution in [1.82, 2.24) is 13.9 Å². The zero-order valence-electron chi connectivity index (χ0n) is 13.0. The third kappa shape index (κ3) is 2.75. The first kappa shape index (κ1) is 15.0. The van der Waals surface area contributed by atoms with Gasteiger partial charge in [0, 0.05) is 25.3 Å². The van der Waals surface area contributed by atoms with E-state index in [1.807, 2.05) is 18.3 Å². The van der Waals surface area contributed by atoms with Crippen molar-refractivity contribution in [2.24, 2.45) is 7.05 Å². The van der Waals surface area contributed by atoms with Crippen LogP contribution in [-0.2, 0) is 17.1 Å². The molecule has 2 fully saturated rings. The number of rotatable bonds is 4. The molecule has 5 nitrogen and oxygen atoms in total. The number of aryl methyl sites for hydroxylation is 2. The van der Waals surface area contributed by atoms with Crippen LogP contribution in [0.1, 0.15) is 57.2 Å². The molecule has 0 bridgehead atoms. The molecule has 3 rings (SSSR count). The van der Waals surface area contributed by atoms with Crippen LogP contribution in [0.2, 0.25) is 0 Å². The van der Waals surface area contributed by atoms with E-state index in [1.165, 1.54) is 0 Å². The van der Waals surface area contributed by atoms with E-state index < -0.39 is 10.0 Å². The summed E-state index contributed by atoms with van der Waals surface area (Å²) in [6.07, 6.45) is 10.2. The van der Waals surface area contributed by atoms with Crippen LogP contribution in [0.25, 0.3) is 0 Å². The molecule has 2 aliphatic rings. The fourth-order valence-electron chi connectivity index (χ4n) is 3.77. The molecular weight excluding hydrogens is 286 g/mol. The van der Waals surface area contributed by atoms with E-state index in [4.69, 9.17) is 0 Å². The minimum absolute atomic E-state index is 0.181. The van der Waals surface area contributed by atoms with E-state index in [-0.39, 0.29) is 17.1 Å². The van der Waals surface area contributed by atoms with Gasteiger partial charge in [-0.3, -0.25) is 0 Å². The van der Waals surface area contributed by atoms with Gasteiger partial charge in [-0.05, 0) is 32.6 Å². The molecule has 0 amide bonds. The van der Waals surface area contributed by atoms with Crippen LogP contribution in [0.4, 0.5) is 0 Å². The normalized spacial score (nSPS) is 21.7. The number of hydrogen-bond donors (Lipinski definition) is 0. The van der Waals surface area contributed by atoms with Crippen molar-refractivity contribution in [3.63, 3.8) is 0 Å². The van der Waals surface area contributed by atoms with Gasteiger partial charge in [-0.1, -0.05) is 25.7 Å². The van der Waals surface area contributed by atoms with Crippen LogP contribution in [0, 0.1) is 6.92 Å². The lowest BCUT2D eigenvalue weighted by atomic mass is 10.2. The van der Waals surface area contributed by atoms with Crippen LogP contribution >= 0.6 is 0 Å². The summed E-state index contributed by atoms with van der Waals surface area (Å²) in [5, 5.41) is 0.223. The van der Waals surface area contributed by atoms with E-state index in [1.54, 1.807) is 10.8 Å². The fraction of sp³-hybridized carbons (Fsp3) is 0.800. The van der Waals surface area contributed by atoms with Crippen molar-refractivity contribution in [3.05, 3.63) is 12.0 Å². The van der Waals surface area contributed by atoms with Crippen LogP contribution in [-0.4, -0.2) is 34.4 Å². The Kier molecular flexibility index (Phi) is 4.10. The molecule has 6 heteroatoms. The number of sulfonamides is 1. The molecule has 0 unspecified atom stereocenters. The van der Waals surface area contributed by atoms with E-state index >= 15 is 0 Å². The van der Waals surface area contributed by atoms with Crippen molar-refractivity contribution < 1.29 is 8.42 Å². The van der Waals surface area contributed by atoms with Crippen molar-refractivity contribution in [2.45, 2.75) is 75.4 Å². The molecule has 0 aliphatic heterocycles. The first-order valence-corrected chi connectivity index (χ1v) is 9.47. The van der Waals surface area contributed by atoms with E-state index in [2.05, 4.69) is 4.98 Å². The summed E-state index contributed by atoms with van der Waals surface area (Å²) in [5.74, 6) is 0.742. The molecule has 0 saturated heterocycles. The van der Waals surface area contributed by atoms with Crippen molar-refractivity contribution in [2.75, 3.05) is 0 Å². The minimum Gasteiger partial charge on any atom is -0.337 e. The van der Waals surface area contributed by atoms with E-state index in [0.717, 1.165) is 57.2 Å². The Hall–Kier alpha value is -0.880. The van der Waals surface area contributed by atoms with Gasteiger partial charge in [-0.2, -0.15) is 4.31 Å². The highest BCUT2D eigenvalue weighted by Gasteiger charge is 2.40. The molecule has 0 atom stereocenters. The predicted molar refractivity (Wildman–Crippen MR) is 81.5 cm³/mol. The summed E-state index contributed by atoms with van der Waals surface area (Å²) < 4.78 is 29.9. The average molecular weight is 311 g/mol. The van der Waals surface area contributed by atoms with E-state index in [0.29, 0.717) is 0 Å². The summed E-state index contributed by atoms with van der Waals surface area (Å²) in [6, 6.07) is 0.362. The molecule has 1 aromatic rings. The summed E-state index contributed by atoms with van der Waals surface area (Å²) in [4.78, 5) is 4.28. The van der Waals surface area contributed by atoms with Gasteiger partial charge in [0.15, 0.2) is 5.03 Å². The highest BCUT2D eigenvalue weighted by atomic mass is 32.2. The second kappa shape index (κ2) is 5.72. The van der Waals surface area contributed by atoms with Gasteiger partial charge in [-0.25, -0.2) is 13.4 Å². The molecule has 0 aromatic carbocycles. The Morgan fingerprint density at radius 1 is 1.10 bits per heavy atom. The maximum atomic E-state index is 13.1. The summed E-state index contributed by atoms with van der Waals surface area (Å²) in [7, 11) is -1.62. The zero-order valence-corrected chi connectivity index (χ0v) is 13.8. The first-order chi connectivity index (χ1) is 10.00. The molecule has 21 heavy (non-hydrogen) atoms. The van der Waals surface area contributed by atoms with Crippen LogP contribution < -0.4 is 0 Å². The Labute approximate surface area is 127 Å². The summed E-state index contributed by atoms with van der Waals surface area (Å²) in [6.45, 7) is 1.84. The second-order valence-electron chi connectivity index (χ2n) is 6.45. The van der Waals surface area contributed by atoms with Gasteiger partial charge in [0.1, 0.15) is 5.82 Å². The first-order valence-electron chi connectivity index (χ1n) is 8.03. The Bertz CT molecular complexity index is 561. The maximum absolute atomic E-state index is 13.1. The van der Waals surface area contributed by atoms with Crippen molar-refractivity contribution in [3.8, 4) is 0 Å². The van der Waals surface area contributed by atoms with Crippen LogP contribution in [0.5, 0.6) is 0 Å². The topological polar surface area (TPSA) is 55.2 Å². The smallest absolute Gasteiger partial charge is 0.262 e. The number of aromatic nitrogens is 2. The fourth-order valence-corrected chi connectivity index (χ4v) is 5.73. The minimum atomic E-state index is -3.47. The SMILES string of the molecule is Cc1nc(S(=O)(=O)N(C2CCCC2)C2CCCC2)cn1C. The van der Waals surface area contributed by atoms with Gasteiger partial charge in [0.05, 0.1) is 0 Å². The van der Waals surface area contributed by atoms with Gasteiger partial charge in [0.25, 0.3) is 10.0 Å². The number of nitrogens with zero attached hydrogens (tertiary/aromatic N) is 3. The molecule has 1 heterocycles. The molecule has 0 spiro atoms. The Balaban J connectivity index is 1.97. The second-order valence-corrected chi connectivity index (χ2v) is 8.24. The third-order valence-corrected chi connectivity index (χ3v) is 6.87. The molecular formula is C15H25N3O2S. The largest absolute Gasteiger partial charge is 0.337 e. The Morgan fingerprint density at radius 2 is 1.57 bits per heavy atom. The maximum Gasteiger partial charge on any atom is 0.262 e. The summed E-state index contributed by atoms with van der Waals surface area (Å²) in [5.41, 5.74) is 0. The molecule has 0 N–H and O–H groups in total. The molecule has 118 valence electrons. The standard InChI is InChI=1S/C15H25N3O2S/c1-12-16-15(11-17(12)2)21(19,20)18(13-7-3-4-8-13)14-9-5-6-10-14/h11,13-14H,3-10H2,1-2H3. The molecule has 1 aromatic heterocycles. The van der Waals surface area contributed by atoms with Crippen LogP contribution in [0.3, 0.4) is 0 Å². The highest BCUT2D eigenvalue weighted by molar-refractivity contribution is 7.89. The van der Waals surface area contributed by atoms with E-state index in [9.17, 15) is 8.42 Å². The molecule has 2 aliphatic carbocycles. The van der Waals surface area contributed by atoms with Gasteiger partial charge in [-0.15, -0.1) is 0 Å². The molecule has 0 radical (unpaired) electrons. The number of imidazole rings is 1. The summed E-state index contributed by atoms with van der Waals surface area (Å²) >= 11 is 0. The molecule has 2 saturated carbocycles. The Morgan fingerprint density at radius 3 is 1.95 bits per heavy atom. The highest BCUT2D eigenvalue weighted by Crippen LogP contribution is 2.35. The van der Waals surface area contributed by atoms with Gasteiger partial charge < -0.3 is 4.57 Å². The van der Waals surface area contributed by atoms with Gasteiger partial charge >= 0.3 is 0 Å².